The third-order valence-corrected chi connectivity index (χ3v) is 1.95. The zero-order chi connectivity index (χ0) is 9.52. The van der Waals surface area contributed by atoms with Crippen LogP contribution >= 0.6 is 0 Å². The van der Waals surface area contributed by atoms with E-state index >= 15 is 0 Å². The van der Waals surface area contributed by atoms with Gasteiger partial charge in [0.1, 0.15) is 5.75 Å². The smallest absolute Gasteiger partial charge is 0.246 e. The molecule has 0 atom stereocenters. The molecule has 0 aliphatic rings. The average Bonchev–Trinajstić information content (AvgIpc) is 2.17. The van der Waals surface area contributed by atoms with E-state index < -0.39 is 0 Å². The zero-order valence-electron chi connectivity index (χ0n) is 7.75. The predicted octanol–water partition coefficient (Wildman–Crippen LogP) is 1.73. The molecule has 0 N–H and O–H groups in total. The van der Waals surface area contributed by atoms with E-state index in [4.69, 9.17) is 9.16 Å². The summed E-state index contributed by atoms with van der Waals surface area (Å²) in [7, 11) is 2.97. The van der Waals surface area contributed by atoms with Crippen LogP contribution in [0.15, 0.2) is 24.3 Å². The Morgan fingerprint density at radius 2 is 2.08 bits per heavy atom. The summed E-state index contributed by atoms with van der Waals surface area (Å²) in [4.78, 5) is 0. The molecule has 1 rings (SSSR count). The highest BCUT2D eigenvalue weighted by Crippen LogP contribution is 2.18. The molecule has 0 unspecified atom stereocenters. The quantitative estimate of drug-likeness (QED) is 0.663. The summed E-state index contributed by atoms with van der Waals surface area (Å²) < 4.78 is 10.3. The van der Waals surface area contributed by atoms with Crippen LogP contribution < -0.4 is 4.74 Å². The molecular formula is C10H13O2Si. The van der Waals surface area contributed by atoms with Crippen molar-refractivity contribution >= 4 is 10.5 Å². The summed E-state index contributed by atoms with van der Waals surface area (Å²) in [6, 6.07) is 8.01. The molecular weight excluding hydrogens is 180 g/mol. The van der Waals surface area contributed by atoms with Gasteiger partial charge in [0.25, 0.3) is 0 Å². The topological polar surface area (TPSA) is 18.5 Å². The first kappa shape index (κ1) is 10.3. The monoisotopic (exact) mass is 193 g/mol. The van der Waals surface area contributed by atoms with Gasteiger partial charge in [-0.05, 0) is 25.0 Å². The molecule has 1 aromatic carbocycles. The molecule has 3 radical (unpaired) electrons. The van der Waals surface area contributed by atoms with Crippen LogP contribution in [0.1, 0.15) is 12.5 Å². The second-order valence-corrected chi connectivity index (χ2v) is 2.93. The Morgan fingerprint density at radius 1 is 1.31 bits per heavy atom. The van der Waals surface area contributed by atoms with Gasteiger partial charge in [0.15, 0.2) is 0 Å². The van der Waals surface area contributed by atoms with Crippen LogP contribution in [0.4, 0.5) is 0 Å². The van der Waals surface area contributed by atoms with Crippen LogP contribution in [-0.2, 0) is 10.8 Å². The average molecular weight is 193 g/mol. The summed E-state index contributed by atoms with van der Waals surface area (Å²) in [6.07, 6.45) is 0.861. The number of hydrogen-bond acceptors (Lipinski definition) is 2. The Bertz CT molecular complexity index is 250. The van der Waals surface area contributed by atoms with E-state index in [1.165, 1.54) is 5.56 Å². The first-order chi connectivity index (χ1) is 6.38. The van der Waals surface area contributed by atoms with Crippen LogP contribution in [0.5, 0.6) is 5.75 Å². The fraction of sp³-hybridized carbons (Fsp3) is 0.400. The van der Waals surface area contributed by atoms with Gasteiger partial charge in [0.2, 0.25) is 10.5 Å². The summed E-state index contributed by atoms with van der Waals surface area (Å²) in [6.45, 7) is 3.34. The fourth-order valence-electron chi connectivity index (χ4n) is 1.17. The molecule has 0 spiro atoms. The Morgan fingerprint density at radius 3 is 2.77 bits per heavy atom. The highest BCUT2D eigenvalue weighted by Gasteiger charge is 2.00. The third kappa shape index (κ3) is 3.20. The molecule has 2 nitrogen and oxygen atoms in total. The summed E-state index contributed by atoms with van der Waals surface area (Å²) in [5.74, 6) is 0.953. The SMILES string of the molecule is CCOc1ccccc1CCO[Si]. The van der Waals surface area contributed by atoms with Crippen LogP contribution in [0.25, 0.3) is 0 Å². The van der Waals surface area contributed by atoms with E-state index in [2.05, 4.69) is 16.6 Å². The second-order valence-electron chi connectivity index (χ2n) is 2.64. The lowest BCUT2D eigenvalue weighted by atomic mass is 10.1. The van der Waals surface area contributed by atoms with Gasteiger partial charge in [0.05, 0.1) is 6.61 Å². The Labute approximate surface area is 82.4 Å². The van der Waals surface area contributed by atoms with Crippen LogP contribution in [0.2, 0.25) is 0 Å². The normalized spacial score (nSPS) is 10.0. The molecule has 1 aromatic rings. The molecule has 0 fully saturated rings. The maximum absolute atomic E-state index is 5.46. The summed E-state index contributed by atoms with van der Waals surface area (Å²) >= 11 is 0. The Balaban J connectivity index is 2.66. The van der Waals surface area contributed by atoms with Gasteiger partial charge in [-0.1, -0.05) is 18.2 Å². The van der Waals surface area contributed by atoms with E-state index in [9.17, 15) is 0 Å². The van der Waals surface area contributed by atoms with Crippen molar-refractivity contribution in [2.45, 2.75) is 13.3 Å². The number of ether oxygens (including phenoxy) is 1. The first-order valence-corrected chi connectivity index (χ1v) is 4.78. The van der Waals surface area contributed by atoms with E-state index in [1.54, 1.807) is 0 Å². The van der Waals surface area contributed by atoms with Crippen molar-refractivity contribution in [3.05, 3.63) is 29.8 Å². The van der Waals surface area contributed by atoms with Gasteiger partial charge >= 0.3 is 0 Å². The maximum atomic E-state index is 5.46. The predicted molar refractivity (Wildman–Crippen MR) is 53.0 cm³/mol. The molecule has 0 saturated carbocycles. The summed E-state index contributed by atoms with van der Waals surface area (Å²) in [5, 5.41) is 0. The maximum Gasteiger partial charge on any atom is 0.246 e. The zero-order valence-corrected chi connectivity index (χ0v) is 8.75. The van der Waals surface area contributed by atoms with Crippen LogP contribution in [0, 0.1) is 0 Å². The van der Waals surface area contributed by atoms with Crippen molar-refractivity contribution in [1.82, 2.24) is 0 Å². The number of rotatable bonds is 5. The Hall–Kier alpha value is -0.803. The molecule has 3 heteroatoms. The van der Waals surface area contributed by atoms with Gasteiger partial charge < -0.3 is 9.16 Å². The lowest BCUT2D eigenvalue weighted by molar-refractivity contribution is 0.325. The molecule has 0 bridgehead atoms. The lowest BCUT2D eigenvalue weighted by Gasteiger charge is -2.08. The van der Waals surface area contributed by atoms with Gasteiger partial charge in [-0.15, -0.1) is 0 Å². The standard InChI is InChI=1S/C10H13O2Si/c1-2-11-10-6-4-3-5-9(10)7-8-12-13/h3-6H,2,7-8H2,1H3. The van der Waals surface area contributed by atoms with Crippen molar-refractivity contribution in [3.63, 3.8) is 0 Å². The van der Waals surface area contributed by atoms with Gasteiger partial charge in [-0.25, -0.2) is 0 Å². The van der Waals surface area contributed by atoms with Crippen molar-refractivity contribution in [1.29, 1.82) is 0 Å². The van der Waals surface area contributed by atoms with Crippen LogP contribution in [0.3, 0.4) is 0 Å². The fourth-order valence-corrected chi connectivity index (χ4v) is 1.27. The van der Waals surface area contributed by atoms with Crippen molar-refractivity contribution in [3.8, 4) is 5.75 Å². The van der Waals surface area contributed by atoms with Crippen molar-refractivity contribution in [2.24, 2.45) is 0 Å². The first-order valence-electron chi connectivity index (χ1n) is 4.37. The second kappa shape index (κ2) is 5.78. The van der Waals surface area contributed by atoms with Crippen molar-refractivity contribution in [2.75, 3.05) is 13.2 Å². The lowest BCUT2D eigenvalue weighted by Crippen LogP contribution is -2.00. The van der Waals surface area contributed by atoms with E-state index in [-0.39, 0.29) is 0 Å². The molecule has 0 heterocycles. The minimum absolute atomic E-state index is 0.654. The van der Waals surface area contributed by atoms with Gasteiger partial charge in [0, 0.05) is 6.61 Å². The molecule has 13 heavy (non-hydrogen) atoms. The summed E-state index contributed by atoms with van der Waals surface area (Å²) in [5.41, 5.74) is 1.18. The van der Waals surface area contributed by atoms with E-state index in [0.29, 0.717) is 13.2 Å². The van der Waals surface area contributed by atoms with Crippen molar-refractivity contribution < 1.29 is 9.16 Å². The molecule has 69 valence electrons. The molecule has 0 aromatic heterocycles. The molecule has 0 aliphatic carbocycles. The van der Waals surface area contributed by atoms with Gasteiger partial charge in [-0.3, -0.25) is 0 Å². The minimum Gasteiger partial charge on any atom is -0.494 e. The highest BCUT2D eigenvalue weighted by molar-refractivity contribution is 5.97. The molecule has 0 amide bonds. The van der Waals surface area contributed by atoms with Gasteiger partial charge in [-0.2, -0.15) is 0 Å². The highest BCUT2D eigenvalue weighted by atomic mass is 28.2. The van der Waals surface area contributed by atoms with E-state index in [0.717, 1.165) is 12.2 Å². The Kier molecular flexibility index (Phi) is 4.57. The number of benzene rings is 1. The minimum atomic E-state index is 0.654. The molecule has 0 aliphatic heterocycles. The third-order valence-electron chi connectivity index (χ3n) is 1.75. The molecule has 0 saturated heterocycles. The number of para-hydroxylation sites is 1. The van der Waals surface area contributed by atoms with E-state index in [1.807, 2.05) is 25.1 Å². The largest absolute Gasteiger partial charge is 0.494 e. The van der Waals surface area contributed by atoms with Crippen LogP contribution in [-0.4, -0.2) is 23.7 Å². The number of hydrogen-bond donors (Lipinski definition) is 0.